The van der Waals surface area contributed by atoms with E-state index < -0.39 is 40.4 Å². The van der Waals surface area contributed by atoms with Gasteiger partial charge in [-0.05, 0) is 24.3 Å². The van der Waals surface area contributed by atoms with Gasteiger partial charge in [-0.2, -0.15) is 15.8 Å². The maximum Gasteiger partial charge on any atom is 0.244 e. The van der Waals surface area contributed by atoms with Crippen LogP contribution in [0.5, 0.6) is 0 Å². The van der Waals surface area contributed by atoms with Crippen LogP contribution < -0.4 is 0 Å². The van der Waals surface area contributed by atoms with Gasteiger partial charge in [-0.15, -0.1) is 0 Å². The molecule has 0 spiro atoms. The Hall–Kier alpha value is -3.15. The molecular formula is C22H13Cl2FN4O2. The van der Waals surface area contributed by atoms with Crippen LogP contribution in [0.4, 0.5) is 4.39 Å². The van der Waals surface area contributed by atoms with E-state index in [-0.39, 0.29) is 10.6 Å². The molecule has 2 saturated heterocycles. The monoisotopic (exact) mass is 454 g/mol. The molecule has 4 unspecified atom stereocenters. The molecule has 4 rings (SSSR count). The topological polar surface area (TPSA) is 114 Å². The summed E-state index contributed by atoms with van der Waals surface area (Å²) in [4.78, 5) is 0. The van der Waals surface area contributed by atoms with E-state index in [1.54, 1.807) is 31.2 Å². The number of rotatable bonds is 2. The van der Waals surface area contributed by atoms with Gasteiger partial charge in [-0.3, -0.25) is 5.41 Å². The molecule has 0 amide bonds. The predicted molar refractivity (Wildman–Crippen MR) is 108 cm³/mol. The first kappa shape index (κ1) is 21.1. The van der Waals surface area contributed by atoms with Crippen LogP contribution >= 0.6 is 23.2 Å². The number of nitriles is 3. The first-order chi connectivity index (χ1) is 14.7. The van der Waals surface area contributed by atoms with Crippen LogP contribution in [0.3, 0.4) is 0 Å². The normalized spacial score (nSPS) is 30.5. The molecule has 2 aromatic carbocycles. The first-order valence-electron chi connectivity index (χ1n) is 9.13. The second-order valence-corrected chi connectivity index (χ2v) is 8.26. The number of halogens is 3. The second-order valence-electron chi connectivity index (χ2n) is 7.41. The van der Waals surface area contributed by atoms with Crippen LogP contribution in [0.2, 0.25) is 10.0 Å². The zero-order valence-electron chi connectivity index (χ0n) is 16.0. The molecule has 0 saturated carbocycles. The Balaban J connectivity index is 2.09. The van der Waals surface area contributed by atoms with E-state index in [1.807, 2.05) is 18.2 Å². The molecule has 2 fully saturated rings. The van der Waals surface area contributed by atoms with Gasteiger partial charge in [-0.25, -0.2) is 4.39 Å². The van der Waals surface area contributed by atoms with Gasteiger partial charge in [0, 0.05) is 21.2 Å². The highest BCUT2D eigenvalue weighted by molar-refractivity contribution is 6.31. The molecule has 4 atom stereocenters. The molecule has 2 aliphatic heterocycles. The molecule has 2 heterocycles. The number of nitrogens with zero attached hydrogens (tertiary/aromatic N) is 3. The van der Waals surface area contributed by atoms with Crippen molar-refractivity contribution in [2.24, 2.45) is 16.7 Å². The van der Waals surface area contributed by atoms with Crippen molar-refractivity contribution in [3.63, 3.8) is 0 Å². The van der Waals surface area contributed by atoms with Gasteiger partial charge in [0.25, 0.3) is 0 Å². The predicted octanol–water partition coefficient (Wildman–Crippen LogP) is 5.24. The Morgan fingerprint density at radius 2 is 1.68 bits per heavy atom. The van der Waals surface area contributed by atoms with Crippen LogP contribution in [-0.2, 0) is 15.3 Å². The summed E-state index contributed by atoms with van der Waals surface area (Å²) in [7, 11) is 0. The summed E-state index contributed by atoms with van der Waals surface area (Å²) in [5, 5.41) is 39.4. The van der Waals surface area contributed by atoms with Crippen molar-refractivity contribution >= 4 is 29.1 Å². The van der Waals surface area contributed by atoms with Crippen molar-refractivity contribution in [1.29, 1.82) is 21.2 Å². The van der Waals surface area contributed by atoms with Crippen molar-refractivity contribution in [1.82, 2.24) is 0 Å². The Kier molecular flexibility index (Phi) is 4.72. The molecule has 0 radical (unpaired) electrons. The standard InChI is InChI=1S/C22H13Cl2FN4O2/c1-12-21(11-28)19(29)31-22(12,13-5-7-14(23)8-6-13)30-18(20(21,9-26)10-27)17-15(24)3-2-4-16(17)25/h2-8,12,18,29H,1H3. The molecule has 2 aliphatic rings. The first-order valence-corrected chi connectivity index (χ1v) is 9.89. The Labute approximate surface area is 187 Å². The van der Waals surface area contributed by atoms with Crippen molar-refractivity contribution in [2.45, 2.75) is 18.8 Å². The number of fused-ring (bicyclic) bond motifs is 2. The molecule has 0 aliphatic carbocycles. The molecular weight excluding hydrogens is 442 g/mol. The van der Waals surface area contributed by atoms with Crippen LogP contribution in [0.25, 0.3) is 0 Å². The largest absolute Gasteiger partial charge is 0.443 e. The Morgan fingerprint density at radius 1 is 1.03 bits per heavy atom. The number of benzene rings is 2. The molecule has 6 nitrogen and oxygen atoms in total. The van der Waals surface area contributed by atoms with Crippen LogP contribution in [0.1, 0.15) is 24.2 Å². The summed E-state index contributed by atoms with van der Waals surface area (Å²) in [5.41, 5.74) is -4.22. The van der Waals surface area contributed by atoms with Crippen LogP contribution in [0, 0.1) is 62.0 Å². The van der Waals surface area contributed by atoms with E-state index in [9.17, 15) is 20.2 Å². The van der Waals surface area contributed by atoms with Crippen molar-refractivity contribution < 1.29 is 13.9 Å². The van der Waals surface area contributed by atoms with Gasteiger partial charge in [-0.1, -0.05) is 48.3 Å². The third-order valence-corrected chi connectivity index (χ3v) is 6.76. The fourth-order valence-electron chi connectivity index (χ4n) is 4.57. The summed E-state index contributed by atoms with van der Waals surface area (Å²) < 4.78 is 27.0. The molecule has 1 N–H and O–H groups in total. The number of ether oxygens (including phenoxy) is 2. The van der Waals surface area contributed by atoms with Gasteiger partial charge < -0.3 is 9.47 Å². The van der Waals surface area contributed by atoms with E-state index in [0.717, 1.165) is 6.07 Å². The molecule has 9 heteroatoms. The lowest BCUT2D eigenvalue weighted by Gasteiger charge is -2.48. The van der Waals surface area contributed by atoms with E-state index in [1.165, 1.54) is 12.1 Å². The molecule has 0 aromatic heterocycles. The minimum Gasteiger partial charge on any atom is -0.443 e. The third kappa shape index (κ3) is 2.42. The van der Waals surface area contributed by atoms with E-state index in [2.05, 4.69) is 0 Å². The van der Waals surface area contributed by atoms with Crippen LogP contribution in [-0.4, -0.2) is 5.90 Å². The van der Waals surface area contributed by atoms with Gasteiger partial charge in [0.05, 0.1) is 24.1 Å². The van der Waals surface area contributed by atoms with Crippen molar-refractivity contribution in [2.75, 3.05) is 0 Å². The van der Waals surface area contributed by atoms with E-state index in [0.29, 0.717) is 10.6 Å². The third-order valence-electron chi connectivity index (χ3n) is 6.18. The highest BCUT2D eigenvalue weighted by Gasteiger charge is 2.80. The molecule has 2 aromatic rings. The highest BCUT2D eigenvalue weighted by Crippen LogP contribution is 2.69. The van der Waals surface area contributed by atoms with Gasteiger partial charge in [0.2, 0.25) is 17.1 Å². The zero-order valence-corrected chi connectivity index (χ0v) is 17.5. The molecule has 31 heavy (non-hydrogen) atoms. The lowest BCUT2D eigenvalue weighted by atomic mass is 9.53. The summed E-state index contributed by atoms with van der Waals surface area (Å²) in [5.74, 6) is -4.13. The number of hydrogen-bond donors (Lipinski definition) is 1. The quantitative estimate of drug-likeness (QED) is 0.665. The maximum atomic E-state index is 15.0. The molecule has 2 bridgehead atoms. The fraction of sp³-hybridized carbons (Fsp3) is 0.273. The maximum absolute atomic E-state index is 15.0. The summed E-state index contributed by atoms with van der Waals surface area (Å²) in [6, 6.07) is 15.9. The SMILES string of the molecule is CC1C2(c3ccc(Cl)cc3)OC(=N)C1(C#N)C(C#N)(C#N)C(c1c(F)cccc1Cl)O2. The van der Waals surface area contributed by atoms with E-state index in [4.69, 9.17) is 38.1 Å². The van der Waals surface area contributed by atoms with Crippen LogP contribution in [0.15, 0.2) is 42.5 Å². The smallest absolute Gasteiger partial charge is 0.244 e. The summed E-state index contributed by atoms with van der Waals surface area (Å²) >= 11 is 12.3. The fourth-order valence-corrected chi connectivity index (χ4v) is 4.96. The second kappa shape index (κ2) is 6.94. The van der Waals surface area contributed by atoms with Gasteiger partial charge >= 0.3 is 0 Å². The van der Waals surface area contributed by atoms with E-state index >= 15 is 0 Å². The Bertz CT molecular complexity index is 1200. The summed E-state index contributed by atoms with van der Waals surface area (Å²) in [6.07, 6.45) is -1.62. The lowest BCUT2D eigenvalue weighted by molar-refractivity contribution is -0.289. The summed E-state index contributed by atoms with van der Waals surface area (Å²) in [6.45, 7) is 1.56. The number of nitrogens with one attached hydrogen (secondary N) is 1. The average molecular weight is 455 g/mol. The van der Waals surface area contributed by atoms with Crippen molar-refractivity contribution in [3.8, 4) is 18.2 Å². The minimum atomic E-state index is -2.31. The Morgan fingerprint density at radius 3 is 2.23 bits per heavy atom. The molecule has 154 valence electrons. The minimum absolute atomic E-state index is 0.0836. The van der Waals surface area contributed by atoms with Gasteiger partial charge in [0.1, 0.15) is 11.9 Å². The lowest BCUT2D eigenvalue weighted by Crippen LogP contribution is -2.57. The van der Waals surface area contributed by atoms with Gasteiger partial charge in [0.15, 0.2) is 5.41 Å². The average Bonchev–Trinajstić information content (AvgIpc) is 2.91. The van der Waals surface area contributed by atoms with Crippen molar-refractivity contribution in [3.05, 3.63) is 69.5 Å². The zero-order chi connectivity index (χ0) is 22.6. The number of hydrogen-bond acceptors (Lipinski definition) is 6. The highest BCUT2D eigenvalue weighted by atomic mass is 35.5.